The molecule has 2 aromatic rings. The summed E-state index contributed by atoms with van der Waals surface area (Å²) in [6, 6.07) is 5.07. The van der Waals surface area contributed by atoms with Gasteiger partial charge in [0, 0.05) is 54.8 Å². The molecular weight excluding hydrogens is 746 g/mol. The first-order chi connectivity index (χ1) is 26.9. The van der Waals surface area contributed by atoms with Crippen LogP contribution in [0.25, 0.3) is 0 Å². The lowest BCUT2D eigenvalue weighted by Gasteiger charge is -2.48. The Labute approximate surface area is 329 Å². The van der Waals surface area contributed by atoms with E-state index in [0.717, 1.165) is 7.11 Å². The van der Waals surface area contributed by atoms with Crippen molar-refractivity contribution < 1.29 is 72.8 Å². The molecule has 4 N–H and O–H groups in total. The van der Waals surface area contributed by atoms with Gasteiger partial charge in [-0.3, -0.25) is 19.2 Å². The summed E-state index contributed by atoms with van der Waals surface area (Å²) in [6.07, 6.45) is -6.74. The fraction of sp³-hybridized carbons (Fsp3) is 0.610. The summed E-state index contributed by atoms with van der Waals surface area (Å²) in [5.41, 5.74) is -2.58. The number of fused-ring (bicyclic) bond motifs is 3. The summed E-state index contributed by atoms with van der Waals surface area (Å²) in [5.74, 6) is -4.65. The molecule has 3 fully saturated rings. The Kier molecular flexibility index (Phi) is 11.4. The Morgan fingerprint density at radius 2 is 1.54 bits per heavy atom. The van der Waals surface area contributed by atoms with Crippen LogP contribution in [0.2, 0.25) is 0 Å². The third-order valence-corrected chi connectivity index (χ3v) is 12.0. The minimum absolute atomic E-state index is 0.00518. The molecule has 3 heterocycles. The molecule has 0 amide bonds. The van der Waals surface area contributed by atoms with Gasteiger partial charge >= 0.3 is 5.97 Å². The second kappa shape index (κ2) is 15.7. The minimum atomic E-state index is -1.80. The van der Waals surface area contributed by atoms with Crippen LogP contribution in [0.3, 0.4) is 0 Å². The number of phenols is 2. The van der Waals surface area contributed by atoms with Gasteiger partial charge in [0.05, 0.1) is 48.3 Å². The van der Waals surface area contributed by atoms with Crippen LogP contribution in [0.5, 0.6) is 11.5 Å². The smallest absolute Gasteiger partial charge is 0.316 e. The lowest BCUT2D eigenvalue weighted by atomic mass is 9.68. The zero-order valence-corrected chi connectivity index (χ0v) is 33.0. The number of ketones is 3. The quantitative estimate of drug-likeness (QED) is 0.241. The topological polar surface area (TPSA) is 217 Å². The van der Waals surface area contributed by atoms with Crippen LogP contribution in [0.15, 0.2) is 24.3 Å². The van der Waals surface area contributed by atoms with Crippen molar-refractivity contribution in [3.8, 4) is 11.5 Å². The largest absolute Gasteiger partial charge is 0.507 e. The first-order valence-electron chi connectivity index (χ1n) is 19.3. The van der Waals surface area contributed by atoms with E-state index in [-0.39, 0.29) is 64.5 Å². The van der Waals surface area contributed by atoms with Gasteiger partial charge in [-0.15, -0.1) is 0 Å². The van der Waals surface area contributed by atoms with Crippen molar-refractivity contribution in [1.29, 1.82) is 0 Å². The van der Waals surface area contributed by atoms with Gasteiger partial charge in [0.1, 0.15) is 35.7 Å². The first-order valence-corrected chi connectivity index (χ1v) is 19.3. The summed E-state index contributed by atoms with van der Waals surface area (Å²) in [6.45, 7) is 6.68. The van der Waals surface area contributed by atoms with Crippen LogP contribution in [-0.4, -0.2) is 137 Å². The Balaban J connectivity index is 1.12. The maximum Gasteiger partial charge on any atom is 0.316 e. The second-order valence-electron chi connectivity index (χ2n) is 16.2. The molecule has 16 heteroatoms. The summed E-state index contributed by atoms with van der Waals surface area (Å²) >= 11 is 0. The molecule has 13 atom stereocenters. The number of rotatable bonds is 8. The average Bonchev–Trinajstić information content (AvgIpc) is 3.13. The predicted octanol–water partition coefficient (Wildman–Crippen LogP) is 2.77. The minimum Gasteiger partial charge on any atom is -0.507 e. The number of aliphatic hydroxyl groups is 2. The summed E-state index contributed by atoms with van der Waals surface area (Å²) < 4.78 is 42.4. The molecule has 310 valence electrons. The predicted molar refractivity (Wildman–Crippen MR) is 197 cm³/mol. The SMILES string of the molecule is COC(=O)[C@@H]1c2cc3c(c(O)c2C(OC2CC(N(C)C)C(OC4CC(O)C(OC5CCC(=O)C(C)O5)C(C)O4)C(C)O2)CC1(C)O)C(=O)c1c(O)cccc1C3=O. The number of Topliss-reactive ketones (excluding diaryl/α,β-unsaturated/α-hetero) is 1. The number of ether oxygens (including phenoxy) is 7. The Morgan fingerprint density at radius 3 is 2.19 bits per heavy atom. The molecule has 0 bridgehead atoms. The molecule has 2 aliphatic carbocycles. The number of benzene rings is 2. The number of aliphatic hydroxyl groups excluding tert-OH is 1. The van der Waals surface area contributed by atoms with E-state index in [0.29, 0.717) is 12.8 Å². The number of hydrogen-bond donors (Lipinski definition) is 4. The standard InChI is InChI=1S/C41H51NO15/c1-17-24(43)11-12-28(52-17)56-39-19(3)54-30(15-26(39)45)57-38-18(2)53-29(14-23(38)42(5)6)55-27-16-41(4,50)34(40(49)51-7)21-13-22-33(37(48)32(21)27)36(47)31-20(35(22)46)9-8-10-25(31)44/h8-10,13,17-19,23,26-30,34,38-39,44-45,48,50H,11-12,14-16H2,1-7H3/t17?,18?,19?,23?,26?,27?,28?,29?,30?,34-,38?,39?,41?/m0/s1. The van der Waals surface area contributed by atoms with E-state index in [1.807, 2.05) is 19.0 Å². The van der Waals surface area contributed by atoms with Crippen molar-refractivity contribution in [3.05, 3.63) is 57.6 Å². The number of carbonyl (C=O) groups excluding carboxylic acids is 4. The molecule has 0 aromatic heterocycles. The number of phenolic OH excluding ortho intramolecular Hbond substituents is 2. The van der Waals surface area contributed by atoms with Crippen molar-refractivity contribution in [1.82, 2.24) is 4.90 Å². The molecule has 57 heavy (non-hydrogen) atoms. The fourth-order valence-electron chi connectivity index (χ4n) is 9.06. The molecule has 7 rings (SSSR count). The highest BCUT2D eigenvalue weighted by atomic mass is 16.7. The van der Waals surface area contributed by atoms with Gasteiger partial charge in [0.2, 0.25) is 5.78 Å². The van der Waals surface area contributed by atoms with E-state index < -0.39 is 102 Å². The number of nitrogens with zero attached hydrogens (tertiary/aromatic N) is 1. The van der Waals surface area contributed by atoms with Crippen molar-refractivity contribution in [2.75, 3.05) is 21.2 Å². The normalized spacial score (nSPS) is 36.7. The second-order valence-corrected chi connectivity index (χ2v) is 16.2. The molecular formula is C41H51NO15. The van der Waals surface area contributed by atoms with Gasteiger partial charge in [-0.25, -0.2) is 0 Å². The highest BCUT2D eigenvalue weighted by Crippen LogP contribution is 2.53. The molecule has 16 nitrogen and oxygen atoms in total. The van der Waals surface area contributed by atoms with E-state index in [1.165, 1.54) is 31.2 Å². The molecule has 5 aliphatic rings. The lowest BCUT2D eigenvalue weighted by molar-refractivity contribution is -0.324. The molecule has 2 aromatic carbocycles. The van der Waals surface area contributed by atoms with Crippen LogP contribution < -0.4 is 0 Å². The molecule has 0 saturated carbocycles. The lowest BCUT2D eigenvalue weighted by Crippen LogP contribution is -2.58. The fourth-order valence-corrected chi connectivity index (χ4v) is 9.06. The van der Waals surface area contributed by atoms with E-state index in [9.17, 15) is 39.6 Å². The summed E-state index contributed by atoms with van der Waals surface area (Å²) in [7, 11) is 4.89. The van der Waals surface area contributed by atoms with Gasteiger partial charge in [0.25, 0.3) is 0 Å². The van der Waals surface area contributed by atoms with Gasteiger partial charge in [0.15, 0.2) is 30.4 Å². The molecule has 3 aliphatic heterocycles. The van der Waals surface area contributed by atoms with Gasteiger partial charge in [-0.1, -0.05) is 12.1 Å². The third kappa shape index (κ3) is 7.51. The van der Waals surface area contributed by atoms with Crippen molar-refractivity contribution in [3.63, 3.8) is 0 Å². The number of hydrogen-bond acceptors (Lipinski definition) is 16. The monoisotopic (exact) mass is 797 g/mol. The number of aromatic hydroxyl groups is 2. The highest BCUT2D eigenvalue weighted by molar-refractivity contribution is 6.30. The zero-order valence-electron chi connectivity index (χ0n) is 33.0. The molecule has 3 saturated heterocycles. The van der Waals surface area contributed by atoms with Crippen LogP contribution in [0.1, 0.15) is 115 Å². The zero-order chi connectivity index (χ0) is 41.2. The third-order valence-electron chi connectivity index (χ3n) is 12.0. The number of carbonyl (C=O) groups is 4. The van der Waals surface area contributed by atoms with Gasteiger partial charge in [-0.05, 0) is 59.5 Å². The van der Waals surface area contributed by atoms with Crippen LogP contribution in [-0.2, 0) is 42.7 Å². The van der Waals surface area contributed by atoms with Crippen LogP contribution in [0.4, 0.5) is 0 Å². The van der Waals surface area contributed by atoms with Crippen LogP contribution in [0, 0.1) is 0 Å². The summed E-state index contributed by atoms with van der Waals surface area (Å²) in [4.78, 5) is 54.7. The Bertz CT molecular complexity index is 1920. The number of esters is 1. The van der Waals surface area contributed by atoms with Crippen molar-refractivity contribution >= 4 is 23.3 Å². The Hall–Kier alpha value is -3.84. The van der Waals surface area contributed by atoms with E-state index >= 15 is 0 Å². The van der Waals surface area contributed by atoms with Gasteiger partial charge < -0.3 is 58.5 Å². The maximum atomic E-state index is 13.9. The van der Waals surface area contributed by atoms with E-state index in [4.69, 9.17) is 33.2 Å². The Morgan fingerprint density at radius 1 is 0.877 bits per heavy atom. The van der Waals surface area contributed by atoms with Crippen molar-refractivity contribution in [2.45, 2.75) is 139 Å². The maximum absolute atomic E-state index is 13.9. The van der Waals surface area contributed by atoms with Gasteiger partial charge in [-0.2, -0.15) is 0 Å². The van der Waals surface area contributed by atoms with E-state index in [2.05, 4.69) is 0 Å². The molecule has 0 spiro atoms. The summed E-state index contributed by atoms with van der Waals surface area (Å²) in [5, 5.41) is 45.4. The number of likely N-dealkylation sites (N-methyl/N-ethyl adjacent to an activating group) is 1. The van der Waals surface area contributed by atoms with Crippen molar-refractivity contribution in [2.24, 2.45) is 0 Å². The highest BCUT2D eigenvalue weighted by Gasteiger charge is 2.52. The van der Waals surface area contributed by atoms with Crippen LogP contribution >= 0.6 is 0 Å². The molecule has 12 unspecified atom stereocenters. The molecule has 0 radical (unpaired) electrons. The number of methoxy groups -OCH3 is 1. The first kappa shape index (κ1) is 41.3. The van der Waals surface area contributed by atoms with E-state index in [1.54, 1.807) is 20.8 Å². The average molecular weight is 798 g/mol.